The smallest absolute Gasteiger partial charge is 0.134 e. The Labute approximate surface area is 134 Å². The van der Waals surface area contributed by atoms with Crippen LogP contribution in [-0.4, -0.2) is 20.9 Å². The summed E-state index contributed by atoms with van der Waals surface area (Å²) in [5, 5.41) is 20.8. The number of aryl methyl sites for hydroxylation is 1. The molecule has 0 radical (unpaired) electrons. The number of thiazole rings is 1. The molecule has 0 aliphatic heterocycles. The van der Waals surface area contributed by atoms with Gasteiger partial charge in [-0.3, -0.25) is 0 Å². The highest BCUT2D eigenvalue weighted by molar-refractivity contribution is 7.99. The highest BCUT2D eigenvalue weighted by atomic mass is 32.2. The van der Waals surface area contributed by atoms with Crippen LogP contribution in [0.25, 0.3) is 20.5 Å². The summed E-state index contributed by atoms with van der Waals surface area (Å²) in [4.78, 5) is 6.83. The second-order valence-electron chi connectivity index (χ2n) is 4.11. The highest BCUT2D eigenvalue weighted by Gasteiger charge is 2.13. The molecule has 0 aromatic carbocycles. The first kappa shape index (κ1) is 14.2. The van der Waals surface area contributed by atoms with Crippen molar-refractivity contribution in [3.05, 3.63) is 35.3 Å². The van der Waals surface area contributed by atoms with E-state index in [0.29, 0.717) is 5.75 Å². The molecule has 0 unspecified atom stereocenters. The molecule has 7 heteroatoms. The van der Waals surface area contributed by atoms with Crippen LogP contribution in [0.4, 0.5) is 0 Å². The molecule has 0 saturated carbocycles. The topological polar surface area (TPSA) is 62.5 Å². The number of nitriles is 1. The summed E-state index contributed by atoms with van der Waals surface area (Å²) in [5.41, 5.74) is 1.80. The Morgan fingerprint density at radius 2 is 2.19 bits per heavy atom. The first-order valence-corrected chi connectivity index (χ1v) is 8.81. The fraction of sp³-hybridized carbons (Fsp3) is 0.143. The van der Waals surface area contributed by atoms with E-state index in [9.17, 15) is 0 Å². The van der Waals surface area contributed by atoms with Crippen molar-refractivity contribution in [2.24, 2.45) is 0 Å². The molecule has 3 heterocycles. The molecule has 0 saturated heterocycles. The SMILES string of the molecule is Cc1nc(-c2cccs2)sc1-c1ccc(SCC#N)nn1. The third-order valence-corrected chi connectivity index (χ3v) is 5.69. The van der Waals surface area contributed by atoms with Gasteiger partial charge in [-0.2, -0.15) is 5.26 Å². The average Bonchev–Trinajstić information content (AvgIpc) is 3.15. The van der Waals surface area contributed by atoms with E-state index in [2.05, 4.69) is 27.3 Å². The predicted molar refractivity (Wildman–Crippen MR) is 87.5 cm³/mol. The van der Waals surface area contributed by atoms with Crippen LogP contribution in [0.2, 0.25) is 0 Å². The molecular formula is C14H10N4S3. The van der Waals surface area contributed by atoms with E-state index in [0.717, 1.165) is 26.3 Å². The minimum absolute atomic E-state index is 0.385. The van der Waals surface area contributed by atoms with Crippen molar-refractivity contribution in [3.8, 4) is 26.5 Å². The minimum Gasteiger partial charge on any atom is -0.240 e. The Bertz CT molecular complexity index is 770. The number of nitrogens with zero attached hydrogens (tertiary/aromatic N) is 4. The van der Waals surface area contributed by atoms with Crippen molar-refractivity contribution in [1.82, 2.24) is 15.2 Å². The molecular weight excluding hydrogens is 320 g/mol. The number of aromatic nitrogens is 3. The van der Waals surface area contributed by atoms with Gasteiger partial charge in [-0.05, 0) is 30.5 Å². The summed E-state index contributed by atoms with van der Waals surface area (Å²) in [5.74, 6) is 0.385. The molecule has 0 atom stereocenters. The maximum absolute atomic E-state index is 8.57. The van der Waals surface area contributed by atoms with Gasteiger partial charge in [0.1, 0.15) is 15.7 Å². The lowest BCUT2D eigenvalue weighted by Gasteiger charge is -1.98. The molecule has 4 nitrogen and oxygen atoms in total. The van der Waals surface area contributed by atoms with Crippen LogP contribution in [-0.2, 0) is 0 Å². The average molecular weight is 330 g/mol. The summed E-state index contributed by atoms with van der Waals surface area (Å²) in [6, 6.07) is 10.0. The first-order valence-electron chi connectivity index (χ1n) is 6.13. The van der Waals surface area contributed by atoms with E-state index < -0.39 is 0 Å². The van der Waals surface area contributed by atoms with Gasteiger partial charge in [-0.25, -0.2) is 4.98 Å². The molecule has 3 rings (SSSR count). The van der Waals surface area contributed by atoms with Crippen molar-refractivity contribution in [2.75, 3.05) is 5.75 Å². The highest BCUT2D eigenvalue weighted by Crippen LogP contribution is 2.36. The molecule has 0 N–H and O–H groups in total. The van der Waals surface area contributed by atoms with Gasteiger partial charge in [0, 0.05) is 0 Å². The summed E-state index contributed by atoms with van der Waals surface area (Å²) < 4.78 is 0. The van der Waals surface area contributed by atoms with Crippen LogP contribution in [0.3, 0.4) is 0 Å². The fourth-order valence-corrected chi connectivity index (χ4v) is 4.07. The first-order chi connectivity index (χ1) is 10.3. The van der Waals surface area contributed by atoms with E-state index in [1.54, 1.807) is 22.7 Å². The van der Waals surface area contributed by atoms with Crippen LogP contribution < -0.4 is 0 Å². The van der Waals surface area contributed by atoms with Gasteiger partial charge in [-0.1, -0.05) is 17.8 Å². The maximum Gasteiger partial charge on any atom is 0.134 e. The second-order valence-corrected chi connectivity index (χ2v) is 7.06. The molecule has 0 spiro atoms. The number of thiophene rings is 1. The number of hydrogen-bond donors (Lipinski definition) is 0. The lowest BCUT2D eigenvalue weighted by molar-refractivity contribution is 0.937. The van der Waals surface area contributed by atoms with Crippen LogP contribution in [0.15, 0.2) is 34.7 Å². The molecule has 21 heavy (non-hydrogen) atoms. The molecule has 3 aromatic heterocycles. The zero-order chi connectivity index (χ0) is 14.7. The lowest BCUT2D eigenvalue weighted by atomic mass is 10.3. The molecule has 0 fully saturated rings. The van der Waals surface area contributed by atoms with Crippen molar-refractivity contribution in [2.45, 2.75) is 11.9 Å². The molecule has 0 bridgehead atoms. The Morgan fingerprint density at radius 3 is 2.86 bits per heavy atom. The third kappa shape index (κ3) is 3.13. The summed E-state index contributed by atoms with van der Waals surface area (Å²) >= 11 is 4.70. The van der Waals surface area contributed by atoms with Gasteiger partial charge in [0.05, 0.1) is 27.3 Å². The second kappa shape index (κ2) is 6.35. The molecule has 0 aliphatic carbocycles. The molecule has 0 aliphatic rings. The third-order valence-electron chi connectivity index (χ3n) is 2.69. The molecule has 0 amide bonds. The molecule has 104 valence electrons. The number of thioether (sulfide) groups is 1. The Balaban J connectivity index is 1.89. The van der Waals surface area contributed by atoms with Gasteiger partial charge in [0.15, 0.2) is 0 Å². The van der Waals surface area contributed by atoms with Crippen molar-refractivity contribution < 1.29 is 0 Å². The Kier molecular flexibility index (Phi) is 4.29. The van der Waals surface area contributed by atoms with Gasteiger partial charge >= 0.3 is 0 Å². The number of rotatable bonds is 4. The van der Waals surface area contributed by atoms with Gasteiger partial charge in [0.2, 0.25) is 0 Å². The summed E-state index contributed by atoms with van der Waals surface area (Å²) in [7, 11) is 0. The van der Waals surface area contributed by atoms with Gasteiger partial charge in [-0.15, -0.1) is 32.9 Å². The van der Waals surface area contributed by atoms with E-state index >= 15 is 0 Å². The van der Waals surface area contributed by atoms with E-state index in [1.807, 2.05) is 30.5 Å². The lowest BCUT2D eigenvalue weighted by Crippen LogP contribution is -1.89. The number of hydrogen-bond acceptors (Lipinski definition) is 7. The largest absolute Gasteiger partial charge is 0.240 e. The van der Waals surface area contributed by atoms with Crippen LogP contribution in [0, 0.1) is 18.3 Å². The zero-order valence-electron chi connectivity index (χ0n) is 11.1. The predicted octanol–water partition coefficient (Wildman–Crippen LogP) is 4.25. The van der Waals surface area contributed by atoms with Crippen molar-refractivity contribution >= 4 is 34.4 Å². The monoisotopic (exact) mass is 330 g/mol. The van der Waals surface area contributed by atoms with E-state index in [4.69, 9.17) is 5.26 Å². The Morgan fingerprint density at radius 1 is 1.29 bits per heavy atom. The normalized spacial score (nSPS) is 10.5. The maximum atomic E-state index is 8.57. The Hall–Kier alpha value is -1.75. The fourth-order valence-electron chi connectivity index (χ4n) is 1.76. The van der Waals surface area contributed by atoms with Crippen molar-refractivity contribution in [1.29, 1.82) is 5.26 Å². The standard InChI is InChI=1S/C14H10N4S3/c1-9-13(21-14(16-9)11-3-2-7-19-11)10-4-5-12(18-17-10)20-8-6-15/h2-5,7H,8H2,1H3. The van der Waals surface area contributed by atoms with E-state index in [1.165, 1.54) is 16.6 Å². The van der Waals surface area contributed by atoms with Gasteiger partial charge in [0.25, 0.3) is 0 Å². The summed E-state index contributed by atoms with van der Waals surface area (Å²) in [6.07, 6.45) is 0. The zero-order valence-corrected chi connectivity index (χ0v) is 13.6. The van der Waals surface area contributed by atoms with Crippen molar-refractivity contribution in [3.63, 3.8) is 0 Å². The van der Waals surface area contributed by atoms with Gasteiger partial charge < -0.3 is 0 Å². The summed E-state index contributed by atoms with van der Waals surface area (Å²) in [6.45, 7) is 1.99. The van der Waals surface area contributed by atoms with E-state index in [-0.39, 0.29) is 0 Å². The van der Waals surface area contributed by atoms with Crippen LogP contribution >= 0.6 is 34.4 Å². The van der Waals surface area contributed by atoms with Crippen LogP contribution in [0.1, 0.15) is 5.69 Å². The van der Waals surface area contributed by atoms with Crippen LogP contribution in [0.5, 0.6) is 0 Å². The molecule has 3 aromatic rings. The quantitative estimate of drug-likeness (QED) is 0.669. The minimum atomic E-state index is 0.385.